The molecule has 1 heterocycles. The van der Waals surface area contributed by atoms with Crippen molar-refractivity contribution in [1.29, 1.82) is 0 Å². The third-order valence-electron chi connectivity index (χ3n) is 1.50. The molecule has 1 unspecified atom stereocenters. The molecule has 0 radical (unpaired) electrons. The van der Waals surface area contributed by atoms with Crippen LogP contribution in [0.2, 0.25) is 0 Å². The molecule has 0 aliphatic carbocycles. The number of hydrogen-bond acceptors (Lipinski definition) is 1. The van der Waals surface area contributed by atoms with Crippen molar-refractivity contribution in [3.63, 3.8) is 0 Å². The molecule has 1 saturated heterocycles. The van der Waals surface area contributed by atoms with Crippen molar-refractivity contribution >= 4 is 0 Å². The van der Waals surface area contributed by atoms with Crippen LogP contribution in [0.1, 0.15) is 33.6 Å². The van der Waals surface area contributed by atoms with Gasteiger partial charge in [-0.2, -0.15) is 0 Å². The first-order valence-electron chi connectivity index (χ1n) is 4.10. The summed E-state index contributed by atoms with van der Waals surface area (Å²) in [5.41, 5.74) is 0. The van der Waals surface area contributed by atoms with Gasteiger partial charge in [-0.25, -0.2) is 8.78 Å². The summed E-state index contributed by atoms with van der Waals surface area (Å²) in [5, 5.41) is 0. The van der Waals surface area contributed by atoms with Crippen LogP contribution in [0.3, 0.4) is 0 Å². The Hall–Kier alpha value is -0.180. The zero-order chi connectivity index (χ0) is 8.91. The van der Waals surface area contributed by atoms with E-state index < -0.39 is 12.5 Å². The smallest absolute Gasteiger partial charge is 0.271 e. The average Bonchev–Trinajstić information content (AvgIpc) is 2.00. The Morgan fingerprint density at radius 2 is 1.91 bits per heavy atom. The summed E-state index contributed by atoms with van der Waals surface area (Å²) in [6.07, 6.45) is 0.478. The molecule has 0 aromatic carbocycles. The highest BCUT2D eigenvalue weighted by molar-refractivity contribution is 4.72. The standard InChI is InChI=1S/C6H10F2O.C2H6/c1-5-2-3-6(7,8)4-9-5;1-2/h5H,2-4H2,1H3;1-2H3. The molecule has 1 nitrogen and oxygen atoms in total. The van der Waals surface area contributed by atoms with Crippen molar-refractivity contribution in [3.8, 4) is 0 Å². The van der Waals surface area contributed by atoms with Gasteiger partial charge in [0.2, 0.25) is 0 Å². The first-order valence-corrected chi connectivity index (χ1v) is 4.10. The lowest BCUT2D eigenvalue weighted by Crippen LogP contribution is -2.33. The van der Waals surface area contributed by atoms with Gasteiger partial charge in [0.1, 0.15) is 6.61 Å². The Bertz CT molecular complexity index is 94.3. The Morgan fingerprint density at radius 1 is 1.36 bits per heavy atom. The molecular formula is C8H16F2O. The van der Waals surface area contributed by atoms with Gasteiger partial charge >= 0.3 is 0 Å². The van der Waals surface area contributed by atoms with Crippen LogP contribution in [0.4, 0.5) is 8.78 Å². The highest BCUT2D eigenvalue weighted by atomic mass is 19.3. The molecule has 0 aromatic heterocycles. The fourth-order valence-corrected chi connectivity index (χ4v) is 0.834. The van der Waals surface area contributed by atoms with Gasteiger partial charge in [0.15, 0.2) is 0 Å². The monoisotopic (exact) mass is 166 g/mol. The Morgan fingerprint density at radius 3 is 2.18 bits per heavy atom. The van der Waals surface area contributed by atoms with Crippen LogP contribution < -0.4 is 0 Å². The van der Waals surface area contributed by atoms with E-state index in [4.69, 9.17) is 4.74 Å². The maximum absolute atomic E-state index is 12.3. The van der Waals surface area contributed by atoms with Gasteiger partial charge in [0.05, 0.1) is 6.10 Å². The minimum atomic E-state index is -2.56. The lowest BCUT2D eigenvalue weighted by atomic mass is 10.1. The molecule has 3 heteroatoms. The summed E-state index contributed by atoms with van der Waals surface area (Å²) < 4.78 is 29.2. The van der Waals surface area contributed by atoms with E-state index in [0.29, 0.717) is 6.42 Å². The molecule has 0 amide bonds. The van der Waals surface area contributed by atoms with Gasteiger partial charge in [-0.15, -0.1) is 0 Å². The topological polar surface area (TPSA) is 9.23 Å². The molecule has 1 aliphatic heterocycles. The predicted octanol–water partition coefficient (Wildman–Crippen LogP) is 2.85. The number of rotatable bonds is 0. The van der Waals surface area contributed by atoms with Gasteiger partial charge in [-0.3, -0.25) is 0 Å². The zero-order valence-electron chi connectivity index (χ0n) is 7.36. The van der Waals surface area contributed by atoms with Crippen molar-refractivity contribution in [2.45, 2.75) is 45.6 Å². The summed E-state index contributed by atoms with van der Waals surface area (Å²) in [7, 11) is 0. The molecule has 1 fully saturated rings. The Kier molecular flexibility index (Phi) is 4.57. The van der Waals surface area contributed by atoms with Crippen molar-refractivity contribution < 1.29 is 13.5 Å². The van der Waals surface area contributed by atoms with Crippen molar-refractivity contribution in [1.82, 2.24) is 0 Å². The minimum Gasteiger partial charge on any atom is -0.372 e. The first-order chi connectivity index (χ1) is 5.10. The van der Waals surface area contributed by atoms with Gasteiger partial charge in [0.25, 0.3) is 5.92 Å². The third-order valence-corrected chi connectivity index (χ3v) is 1.50. The van der Waals surface area contributed by atoms with E-state index in [2.05, 4.69) is 0 Å². The van der Waals surface area contributed by atoms with E-state index in [-0.39, 0.29) is 12.5 Å². The molecular weight excluding hydrogens is 150 g/mol. The zero-order valence-corrected chi connectivity index (χ0v) is 7.36. The molecule has 1 rings (SSSR count). The van der Waals surface area contributed by atoms with E-state index in [1.165, 1.54) is 0 Å². The predicted molar refractivity (Wildman–Crippen MR) is 40.9 cm³/mol. The largest absolute Gasteiger partial charge is 0.372 e. The number of halogens is 2. The molecule has 1 aliphatic rings. The van der Waals surface area contributed by atoms with Gasteiger partial charge < -0.3 is 4.74 Å². The third kappa shape index (κ3) is 4.30. The van der Waals surface area contributed by atoms with Crippen LogP contribution in [0, 0.1) is 0 Å². The summed E-state index contributed by atoms with van der Waals surface area (Å²) in [4.78, 5) is 0. The molecule has 0 bridgehead atoms. The van der Waals surface area contributed by atoms with E-state index in [1.54, 1.807) is 0 Å². The molecule has 11 heavy (non-hydrogen) atoms. The fourth-order valence-electron chi connectivity index (χ4n) is 0.834. The van der Waals surface area contributed by atoms with Crippen LogP contribution in [0.5, 0.6) is 0 Å². The van der Waals surface area contributed by atoms with Gasteiger partial charge in [-0.05, 0) is 13.3 Å². The molecule has 1 atom stereocenters. The molecule has 0 aromatic rings. The van der Waals surface area contributed by atoms with Crippen molar-refractivity contribution in [2.75, 3.05) is 6.61 Å². The number of hydrogen-bond donors (Lipinski definition) is 0. The van der Waals surface area contributed by atoms with E-state index in [1.807, 2.05) is 20.8 Å². The highest BCUT2D eigenvalue weighted by Crippen LogP contribution is 2.27. The maximum Gasteiger partial charge on any atom is 0.271 e. The first kappa shape index (κ1) is 10.8. The summed E-state index contributed by atoms with van der Waals surface area (Å²) in [5.74, 6) is -2.56. The van der Waals surface area contributed by atoms with E-state index in [9.17, 15) is 8.78 Å². The summed E-state index contributed by atoms with van der Waals surface area (Å²) >= 11 is 0. The quantitative estimate of drug-likeness (QED) is 0.537. The second-order valence-corrected chi connectivity index (χ2v) is 2.52. The SMILES string of the molecule is CC.CC1CCC(F)(F)CO1. The second kappa shape index (κ2) is 4.65. The van der Waals surface area contributed by atoms with Crippen LogP contribution in [-0.4, -0.2) is 18.6 Å². The average molecular weight is 166 g/mol. The summed E-state index contributed by atoms with van der Waals surface area (Å²) in [6, 6.07) is 0. The minimum absolute atomic E-state index is 0.0182. The van der Waals surface area contributed by atoms with Crippen molar-refractivity contribution in [2.24, 2.45) is 0 Å². The number of alkyl halides is 2. The van der Waals surface area contributed by atoms with Crippen molar-refractivity contribution in [3.05, 3.63) is 0 Å². The van der Waals surface area contributed by atoms with E-state index in [0.717, 1.165) is 0 Å². The number of ether oxygens (including phenoxy) is 1. The van der Waals surface area contributed by atoms with Gasteiger partial charge in [-0.1, -0.05) is 13.8 Å². The Labute approximate surface area is 66.7 Å². The Balaban J connectivity index is 0.000000461. The lowest BCUT2D eigenvalue weighted by Gasteiger charge is -2.26. The maximum atomic E-state index is 12.3. The summed E-state index contributed by atoms with van der Waals surface area (Å²) in [6.45, 7) is 5.42. The van der Waals surface area contributed by atoms with Crippen LogP contribution in [-0.2, 0) is 4.74 Å². The molecule has 0 saturated carbocycles. The second-order valence-electron chi connectivity index (χ2n) is 2.52. The van der Waals surface area contributed by atoms with Crippen LogP contribution in [0.25, 0.3) is 0 Å². The lowest BCUT2D eigenvalue weighted by molar-refractivity contribution is -0.138. The normalized spacial score (nSPS) is 28.6. The fraction of sp³-hybridized carbons (Fsp3) is 1.00. The van der Waals surface area contributed by atoms with Crippen LogP contribution in [0.15, 0.2) is 0 Å². The van der Waals surface area contributed by atoms with Crippen LogP contribution >= 0.6 is 0 Å². The highest BCUT2D eigenvalue weighted by Gasteiger charge is 2.34. The molecule has 0 spiro atoms. The van der Waals surface area contributed by atoms with Gasteiger partial charge in [0, 0.05) is 6.42 Å². The molecule has 68 valence electrons. The molecule has 0 N–H and O–H groups in total. The van der Waals surface area contributed by atoms with E-state index >= 15 is 0 Å².